The number of Topliss-reactive ketones (excluding diaryl/α,β-unsaturated/α-hetero) is 1. The fraction of sp³-hybridized carbons (Fsp3) is 0.200. The Kier molecular flexibility index (Phi) is 5.25. The molecule has 0 aliphatic carbocycles. The first-order valence-corrected chi connectivity index (χ1v) is 9.83. The molecule has 1 atom stereocenters. The van der Waals surface area contributed by atoms with Gasteiger partial charge in [-0.1, -0.05) is 6.92 Å². The minimum absolute atomic E-state index is 0.0833. The number of anilines is 2. The van der Waals surface area contributed by atoms with E-state index in [1.54, 1.807) is 24.7 Å². The lowest BCUT2D eigenvalue weighted by atomic mass is 10.0. The van der Waals surface area contributed by atoms with Crippen molar-refractivity contribution in [3.63, 3.8) is 0 Å². The van der Waals surface area contributed by atoms with Crippen molar-refractivity contribution in [1.82, 2.24) is 20.2 Å². The number of hydrogen-bond acceptors (Lipinski definition) is 6. The smallest absolute Gasteiger partial charge is 0.332 e. The first kappa shape index (κ1) is 20.0. The van der Waals surface area contributed by atoms with Crippen LogP contribution >= 0.6 is 11.3 Å². The first-order valence-electron chi connectivity index (χ1n) is 9.02. The molecular weight excluding hydrogens is 415 g/mol. The maximum atomic E-state index is 12.7. The molecule has 154 valence electrons. The van der Waals surface area contributed by atoms with Crippen LogP contribution in [0.5, 0.6) is 0 Å². The van der Waals surface area contributed by atoms with Crippen molar-refractivity contribution in [3.05, 3.63) is 65.1 Å². The van der Waals surface area contributed by atoms with Crippen LogP contribution in [-0.2, 0) is 6.18 Å². The van der Waals surface area contributed by atoms with Crippen LogP contribution in [0, 0.1) is 0 Å². The standard InChI is InChI=1S/C20H16F3N5OS/c1-11(6-17(29)15-7-12-8-26-28-16(12)9-24-15)18-10-25-19(30-18)27-14-4-2-13(3-5-14)20(21,22)23/h2-5,7-11H,6H2,1H3,(H,25,27)(H,26,28). The topological polar surface area (TPSA) is 83.6 Å². The van der Waals surface area contributed by atoms with Crippen LogP contribution in [0.25, 0.3) is 10.9 Å². The highest BCUT2D eigenvalue weighted by atomic mass is 32.1. The number of aromatic nitrogens is 4. The van der Waals surface area contributed by atoms with Crippen molar-refractivity contribution < 1.29 is 18.0 Å². The maximum absolute atomic E-state index is 12.7. The van der Waals surface area contributed by atoms with Crippen LogP contribution in [0.4, 0.5) is 24.0 Å². The summed E-state index contributed by atoms with van der Waals surface area (Å²) in [5.41, 5.74) is 0.942. The van der Waals surface area contributed by atoms with Gasteiger partial charge in [0.25, 0.3) is 0 Å². The van der Waals surface area contributed by atoms with E-state index in [1.165, 1.54) is 23.5 Å². The zero-order valence-electron chi connectivity index (χ0n) is 15.7. The number of pyridine rings is 1. The predicted molar refractivity (Wildman–Crippen MR) is 108 cm³/mol. The van der Waals surface area contributed by atoms with Crippen LogP contribution in [0.3, 0.4) is 0 Å². The Balaban J connectivity index is 1.40. The van der Waals surface area contributed by atoms with Crippen LogP contribution in [0.15, 0.2) is 48.9 Å². The van der Waals surface area contributed by atoms with Crippen molar-refractivity contribution in [2.75, 3.05) is 5.32 Å². The molecule has 0 radical (unpaired) electrons. The number of alkyl halides is 3. The van der Waals surface area contributed by atoms with E-state index in [1.807, 2.05) is 6.92 Å². The van der Waals surface area contributed by atoms with Gasteiger partial charge < -0.3 is 5.32 Å². The number of thiazole rings is 1. The van der Waals surface area contributed by atoms with Crippen LogP contribution in [0.2, 0.25) is 0 Å². The molecule has 0 fully saturated rings. The van der Waals surface area contributed by atoms with Gasteiger partial charge in [-0.2, -0.15) is 18.3 Å². The molecular formula is C20H16F3N5OS. The number of carbonyl (C=O) groups excluding carboxylic acids is 1. The maximum Gasteiger partial charge on any atom is 0.416 e. The van der Waals surface area contributed by atoms with E-state index in [-0.39, 0.29) is 18.1 Å². The van der Waals surface area contributed by atoms with E-state index < -0.39 is 11.7 Å². The van der Waals surface area contributed by atoms with E-state index >= 15 is 0 Å². The number of aromatic amines is 1. The van der Waals surface area contributed by atoms with Crippen molar-refractivity contribution in [2.45, 2.75) is 25.4 Å². The molecule has 3 aromatic heterocycles. The SMILES string of the molecule is CC(CC(=O)c1cc2cn[nH]c2cn1)c1cnc(Nc2ccc(C(F)(F)F)cc2)s1. The molecule has 0 aliphatic rings. The summed E-state index contributed by atoms with van der Waals surface area (Å²) in [6, 6.07) is 6.45. The molecule has 30 heavy (non-hydrogen) atoms. The lowest BCUT2D eigenvalue weighted by molar-refractivity contribution is -0.137. The molecule has 0 saturated heterocycles. The van der Waals surface area contributed by atoms with Crippen molar-refractivity contribution in [1.29, 1.82) is 0 Å². The van der Waals surface area contributed by atoms with Crippen molar-refractivity contribution >= 4 is 38.8 Å². The quantitative estimate of drug-likeness (QED) is 0.391. The summed E-state index contributed by atoms with van der Waals surface area (Å²) in [4.78, 5) is 21.9. The second-order valence-electron chi connectivity index (χ2n) is 6.82. The number of hydrogen-bond donors (Lipinski definition) is 2. The van der Waals surface area contributed by atoms with E-state index in [0.29, 0.717) is 16.5 Å². The zero-order chi connectivity index (χ0) is 21.3. The summed E-state index contributed by atoms with van der Waals surface area (Å²) in [6.45, 7) is 1.92. The fourth-order valence-corrected chi connectivity index (χ4v) is 3.80. The Morgan fingerprint density at radius 1 is 1.17 bits per heavy atom. The van der Waals surface area contributed by atoms with Gasteiger partial charge in [0.05, 0.1) is 23.5 Å². The largest absolute Gasteiger partial charge is 0.416 e. The first-order chi connectivity index (χ1) is 14.3. The van der Waals surface area contributed by atoms with Gasteiger partial charge >= 0.3 is 6.18 Å². The number of halogens is 3. The van der Waals surface area contributed by atoms with E-state index in [0.717, 1.165) is 27.9 Å². The third kappa shape index (κ3) is 4.33. The number of ketones is 1. The van der Waals surface area contributed by atoms with Gasteiger partial charge in [-0.25, -0.2) is 4.98 Å². The second-order valence-corrected chi connectivity index (χ2v) is 7.89. The lowest BCUT2D eigenvalue weighted by Crippen LogP contribution is -2.06. The number of benzene rings is 1. The number of fused-ring (bicyclic) bond motifs is 1. The van der Waals surface area contributed by atoms with E-state index in [2.05, 4.69) is 25.5 Å². The van der Waals surface area contributed by atoms with Crippen LogP contribution in [-0.4, -0.2) is 25.9 Å². The summed E-state index contributed by atoms with van der Waals surface area (Å²) in [5.74, 6) is -0.170. The molecule has 1 unspecified atom stereocenters. The third-order valence-electron chi connectivity index (χ3n) is 4.57. The fourth-order valence-electron chi connectivity index (χ4n) is 2.92. The molecule has 0 bridgehead atoms. The third-order valence-corrected chi connectivity index (χ3v) is 5.72. The summed E-state index contributed by atoms with van der Waals surface area (Å²) in [7, 11) is 0. The Bertz CT molecular complexity index is 1180. The highest BCUT2D eigenvalue weighted by Crippen LogP contribution is 2.33. The van der Waals surface area contributed by atoms with Crippen LogP contribution in [0.1, 0.15) is 40.2 Å². The molecule has 4 rings (SSSR count). The van der Waals surface area contributed by atoms with Gasteiger partial charge in [0.1, 0.15) is 5.69 Å². The monoisotopic (exact) mass is 431 g/mol. The van der Waals surface area contributed by atoms with Gasteiger partial charge in [0.15, 0.2) is 10.9 Å². The van der Waals surface area contributed by atoms with Gasteiger partial charge in [-0.15, -0.1) is 11.3 Å². The highest BCUT2D eigenvalue weighted by molar-refractivity contribution is 7.15. The summed E-state index contributed by atoms with van der Waals surface area (Å²) in [6.07, 6.45) is 0.782. The Labute approximate surface area is 173 Å². The average molecular weight is 431 g/mol. The summed E-state index contributed by atoms with van der Waals surface area (Å²) < 4.78 is 38.0. The molecule has 4 aromatic rings. The van der Waals surface area contributed by atoms with Gasteiger partial charge in [-0.05, 0) is 36.2 Å². The van der Waals surface area contributed by atoms with Crippen LogP contribution < -0.4 is 5.32 Å². The molecule has 1 aromatic carbocycles. The Hall–Kier alpha value is -3.27. The minimum atomic E-state index is -4.37. The zero-order valence-corrected chi connectivity index (χ0v) is 16.5. The molecule has 0 saturated carbocycles. The summed E-state index contributed by atoms with van der Waals surface area (Å²) >= 11 is 1.35. The number of H-pyrrole nitrogens is 1. The van der Waals surface area contributed by atoms with Gasteiger partial charge in [-0.3, -0.25) is 14.9 Å². The predicted octanol–water partition coefficient (Wildman–Crippen LogP) is 5.55. The minimum Gasteiger partial charge on any atom is -0.332 e. The van der Waals surface area contributed by atoms with Gasteiger partial charge in [0, 0.05) is 28.6 Å². The summed E-state index contributed by atoms with van der Waals surface area (Å²) in [5, 5.41) is 11.1. The Morgan fingerprint density at radius 2 is 1.93 bits per heavy atom. The normalized spacial score (nSPS) is 12.8. The number of carbonyl (C=O) groups is 1. The average Bonchev–Trinajstić information content (AvgIpc) is 3.36. The molecule has 2 N–H and O–H groups in total. The van der Waals surface area contributed by atoms with E-state index in [4.69, 9.17) is 0 Å². The van der Waals surface area contributed by atoms with Crippen molar-refractivity contribution in [3.8, 4) is 0 Å². The molecule has 3 heterocycles. The number of nitrogens with zero attached hydrogens (tertiary/aromatic N) is 3. The number of nitrogens with one attached hydrogen (secondary N) is 2. The molecule has 0 aliphatic heterocycles. The van der Waals surface area contributed by atoms with Crippen molar-refractivity contribution in [2.24, 2.45) is 0 Å². The molecule has 0 spiro atoms. The molecule has 0 amide bonds. The second kappa shape index (κ2) is 7.86. The lowest BCUT2D eigenvalue weighted by Gasteiger charge is -2.08. The van der Waals surface area contributed by atoms with Gasteiger partial charge in [0.2, 0.25) is 0 Å². The number of rotatable bonds is 6. The molecule has 10 heteroatoms. The van der Waals surface area contributed by atoms with E-state index in [9.17, 15) is 18.0 Å². The molecule has 6 nitrogen and oxygen atoms in total. The highest BCUT2D eigenvalue weighted by Gasteiger charge is 2.30. The Morgan fingerprint density at radius 3 is 2.67 bits per heavy atom.